The molecule has 1 heterocycles. The molecule has 0 saturated carbocycles. The summed E-state index contributed by atoms with van der Waals surface area (Å²) in [6, 6.07) is 5.19. The minimum absolute atomic E-state index is 0.0490. The van der Waals surface area contributed by atoms with Crippen molar-refractivity contribution in [2.75, 3.05) is 0 Å². The van der Waals surface area contributed by atoms with Crippen molar-refractivity contribution in [3.8, 4) is 0 Å². The molecular weight excluding hydrogens is 344 g/mol. The zero-order valence-corrected chi connectivity index (χ0v) is 12.2. The number of alkyl halides is 3. The zero-order valence-electron chi connectivity index (χ0n) is 10.7. The van der Waals surface area contributed by atoms with E-state index in [1.54, 1.807) is 0 Å². The highest BCUT2D eigenvalue weighted by atomic mass is 35.5. The van der Waals surface area contributed by atoms with Crippen LogP contribution in [0.2, 0.25) is 10.3 Å². The first-order valence-electron chi connectivity index (χ1n) is 5.84. The molecule has 0 radical (unpaired) electrons. The average Bonchev–Trinajstić information content (AvgIpc) is 2.40. The van der Waals surface area contributed by atoms with E-state index in [1.165, 1.54) is 12.1 Å². The summed E-state index contributed by atoms with van der Waals surface area (Å²) >= 11 is 11.5. The largest absolute Gasteiger partial charge is 0.416 e. The number of nitro benzene ring substituents is 1. The van der Waals surface area contributed by atoms with Crippen molar-refractivity contribution >= 4 is 28.9 Å². The van der Waals surface area contributed by atoms with E-state index >= 15 is 0 Å². The highest BCUT2D eigenvalue weighted by Gasteiger charge is 2.34. The number of rotatable bonds is 3. The Balaban J connectivity index is 2.51. The van der Waals surface area contributed by atoms with Crippen molar-refractivity contribution in [1.82, 2.24) is 4.98 Å². The van der Waals surface area contributed by atoms with Crippen LogP contribution in [0.4, 0.5) is 18.9 Å². The van der Waals surface area contributed by atoms with Gasteiger partial charge in [0.2, 0.25) is 0 Å². The van der Waals surface area contributed by atoms with E-state index in [9.17, 15) is 23.3 Å². The van der Waals surface area contributed by atoms with E-state index < -0.39 is 22.4 Å². The fourth-order valence-electron chi connectivity index (χ4n) is 1.89. The van der Waals surface area contributed by atoms with Crippen LogP contribution in [0.1, 0.15) is 16.7 Å². The molecule has 0 amide bonds. The smallest absolute Gasteiger partial charge is 0.258 e. The van der Waals surface area contributed by atoms with Crippen LogP contribution in [0.15, 0.2) is 30.3 Å². The van der Waals surface area contributed by atoms with Crippen LogP contribution >= 0.6 is 23.2 Å². The van der Waals surface area contributed by atoms with Crippen LogP contribution in [0.25, 0.3) is 0 Å². The summed E-state index contributed by atoms with van der Waals surface area (Å²) in [6.45, 7) is 0. The third-order valence-corrected chi connectivity index (χ3v) is 3.42. The summed E-state index contributed by atoms with van der Waals surface area (Å²) in [4.78, 5) is 13.7. The summed E-state index contributed by atoms with van der Waals surface area (Å²) in [6.07, 6.45) is -4.88. The minimum Gasteiger partial charge on any atom is -0.258 e. The molecule has 0 atom stereocenters. The predicted octanol–water partition coefficient (Wildman–Crippen LogP) is 4.91. The molecule has 22 heavy (non-hydrogen) atoms. The second kappa shape index (κ2) is 6.10. The Kier molecular flexibility index (Phi) is 4.58. The van der Waals surface area contributed by atoms with E-state index in [-0.39, 0.29) is 27.9 Å². The third-order valence-electron chi connectivity index (χ3n) is 2.88. The van der Waals surface area contributed by atoms with Gasteiger partial charge >= 0.3 is 6.18 Å². The Hall–Kier alpha value is -1.86. The molecule has 9 heteroatoms. The van der Waals surface area contributed by atoms with Gasteiger partial charge < -0.3 is 0 Å². The number of nitrogens with zero attached hydrogens (tertiary/aromatic N) is 2. The van der Waals surface area contributed by atoms with Gasteiger partial charge in [0.15, 0.2) is 0 Å². The van der Waals surface area contributed by atoms with Gasteiger partial charge in [-0.05, 0) is 23.3 Å². The maximum Gasteiger partial charge on any atom is 0.416 e. The maximum absolute atomic E-state index is 13.0. The van der Waals surface area contributed by atoms with Crippen molar-refractivity contribution in [3.05, 3.63) is 67.4 Å². The van der Waals surface area contributed by atoms with Gasteiger partial charge in [0.25, 0.3) is 5.69 Å². The van der Waals surface area contributed by atoms with Gasteiger partial charge in [-0.1, -0.05) is 29.3 Å². The van der Waals surface area contributed by atoms with Gasteiger partial charge in [0, 0.05) is 18.6 Å². The predicted molar refractivity (Wildman–Crippen MR) is 75.2 cm³/mol. The molecule has 1 aromatic heterocycles. The van der Waals surface area contributed by atoms with Crippen LogP contribution in [-0.4, -0.2) is 9.91 Å². The van der Waals surface area contributed by atoms with Crippen molar-refractivity contribution in [1.29, 1.82) is 0 Å². The molecule has 0 aliphatic rings. The van der Waals surface area contributed by atoms with Crippen LogP contribution in [0, 0.1) is 10.1 Å². The van der Waals surface area contributed by atoms with E-state index in [2.05, 4.69) is 4.98 Å². The summed E-state index contributed by atoms with van der Waals surface area (Å²) < 4.78 is 39.0. The van der Waals surface area contributed by atoms with E-state index in [1.807, 2.05) is 0 Å². The highest BCUT2D eigenvalue weighted by molar-refractivity contribution is 6.32. The maximum atomic E-state index is 13.0. The monoisotopic (exact) mass is 350 g/mol. The molecule has 2 aromatic rings. The number of non-ortho nitro benzene ring substituents is 1. The fraction of sp³-hybridized carbons (Fsp3) is 0.154. The zero-order chi connectivity index (χ0) is 16.5. The van der Waals surface area contributed by atoms with E-state index in [0.717, 1.165) is 12.1 Å². The minimum atomic E-state index is -4.63. The lowest BCUT2D eigenvalue weighted by Gasteiger charge is -2.13. The van der Waals surface area contributed by atoms with Crippen LogP contribution in [-0.2, 0) is 12.6 Å². The van der Waals surface area contributed by atoms with Crippen LogP contribution in [0.5, 0.6) is 0 Å². The van der Waals surface area contributed by atoms with Gasteiger partial charge in [-0.15, -0.1) is 0 Å². The lowest BCUT2D eigenvalue weighted by atomic mass is 9.99. The van der Waals surface area contributed by atoms with E-state index in [0.29, 0.717) is 6.07 Å². The van der Waals surface area contributed by atoms with Gasteiger partial charge in [-0.2, -0.15) is 13.2 Å². The quantitative estimate of drug-likeness (QED) is 0.449. The number of aromatic nitrogens is 1. The van der Waals surface area contributed by atoms with E-state index in [4.69, 9.17) is 23.2 Å². The molecule has 116 valence electrons. The molecule has 0 N–H and O–H groups in total. The van der Waals surface area contributed by atoms with Crippen LogP contribution in [0.3, 0.4) is 0 Å². The molecule has 2 rings (SSSR count). The second-order valence-corrected chi connectivity index (χ2v) is 5.10. The molecule has 0 saturated heterocycles. The summed E-state index contributed by atoms with van der Waals surface area (Å²) in [5.74, 6) is 0. The number of nitro groups is 1. The molecule has 0 aliphatic carbocycles. The summed E-state index contributed by atoms with van der Waals surface area (Å²) in [5.41, 5.74) is -1.35. The normalized spacial score (nSPS) is 11.5. The van der Waals surface area contributed by atoms with Gasteiger partial charge in [-0.3, -0.25) is 10.1 Å². The molecule has 0 spiro atoms. The van der Waals surface area contributed by atoms with Crippen molar-refractivity contribution in [2.24, 2.45) is 0 Å². The van der Waals surface area contributed by atoms with Gasteiger partial charge in [-0.25, -0.2) is 4.98 Å². The Bertz CT molecular complexity index is 736. The number of pyridine rings is 1. The van der Waals surface area contributed by atoms with Gasteiger partial charge in [0.05, 0.1) is 10.5 Å². The third kappa shape index (κ3) is 3.66. The molecule has 0 unspecified atom stereocenters. The lowest BCUT2D eigenvalue weighted by Crippen LogP contribution is -2.10. The first-order valence-corrected chi connectivity index (χ1v) is 6.59. The molecular formula is C13H7Cl2F3N2O2. The Labute approximate surface area is 132 Å². The summed E-state index contributed by atoms with van der Waals surface area (Å²) in [5, 5.41) is 10.8. The van der Waals surface area contributed by atoms with Gasteiger partial charge in [0.1, 0.15) is 10.3 Å². The molecule has 4 nitrogen and oxygen atoms in total. The Morgan fingerprint density at radius 1 is 1.14 bits per heavy atom. The lowest BCUT2D eigenvalue weighted by molar-refractivity contribution is -0.385. The van der Waals surface area contributed by atoms with Crippen LogP contribution < -0.4 is 0 Å². The SMILES string of the molecule is O=[N+]([O-])c1ccc(C(F)(F)F)c(Cc2ccc(Cl)nc2Cl)c1. The number of halogens is 5. The Morgan fingerprint density at radius 2 is 1.82 bits per heavy atom. The van der Waals surface area contributed by atoms with Crippen molar-refractivity contribution < 1.29 is 18.1 Å². The Morgan fingerprint density at radius 3 is 2.36 bits per heavy atom. The number of hydrogen-bond acceptors (Lipinski definition) is 3. The average molecular weight is 351 g/mol. The highest BCUT2D eigenvalue weighted by Crippen LogP contribution is 2.35. The first kappa shape index (κ1) is 16.5. The standard InChI is InChI=1S/C13H7Cl2F3N2O2/c14-11-4-1-7(12(15)19-11)5-8-6-9(20(21)22)2-3-10(8)13(16,17)18/h1-4,6H,5H2. The van der Waals surface area contributed by atoms with Crippen molar-refractivity contribution in [2.45, 2.75) is 12.6 Å². The molecule has 0 bridgehead atoms. The summed E-state index contributed by atoms with van der Waals surface area (Å²) in [7, 11) is 0. The number of hydrogen-bond donors (Lipinski definition) is 0. The number of benzene rings is 1. The molecule has 0 aliphatic heterocycles. The second-order valence-electron chi connectivity index (χ2n) is 4.36. The molecule has 1 aromatic carbocycles. The topological polar surface area (TPSA) is 56.0 Å². The fourth-order valence-corrected chi connectivity index (χ4v) is 2.31. The molecule has 0 fully saturated rings. The van der Waals surface area contributed by atoms with Crippen molar-refractivity contribution in [3.63, 3.8) is 0 Å². The first-order chi connectivity index (χ1) is 10.2.